The second-order valence-corrected chi connectivity index (χ2v) is 5.05. The Morgan fingerprint density at radius 3 is 2.36 bits per heavy atom. The van der Waals surface area contributed by atoms with Crippen molar-refractivity contribution in [1.29, 1.82) is 0 Å². The Balaban J connectivity index is 0.00000121. The van der Waals surface area contributed by atoms with Crippen LogP contribution in [0.15, 0.2) is 30.5 Å². The lowest BCUT2D eigenvalue weighted by Gasteiger charge is -2.36. The first kappa shape index (κ1) is 19.1. The van der Waals surface area contributed by atoms with E-state index in [1.807, 2.05) is 6.07 Å². The summed E-state index contributed by atoms with van der Waals surface area (Å²) in [7, 11) is 0. The first-order valence-corrected chi connectivity index (χ1v) is 6.64. The van der Waals surface area contributed by atoms with E-state index in [9.17, 15) is 13.2 Å². The number of benzene rings is 1. The Hall–Kier alpha value is -0.950. The number of piperazine rings is 1. The molecular formula is C14H18Cl2F3N3. The first-order chi connectivity index (χ1) is 9.55. The van der Waals surface area contributed by atoms with Gasteiger partial charge in [-0.25, -0.2) is 0 Å². The molecule has 124 valence electrons. The van der Waals surface area contributed by atoms with Crippen molar-refractivity contribution < 1.29 is 13.2 Å². The summed E-state index contributed by atoms with van der Waals surface area (Å²) in [6, 6.07) is 5.25. The van der Waals surface area contributed by atoms with Crippen LogP contribution in [-0.4, -0.2) is 42.2 Å². The zero-order valence-corrected chi connectivity index (χ0v) is 13.3. The number of hydrogen-bond acceptors (Lipinski definition) is 2. The maximum Gasteiger partial charge on any atom is 0.408 e. The Bertz CT molecular complexity index is 594. The fourth-order valence-corrected chi connectivity index (χ4v) is 2.78. The van der Waals surface area contributed by atoms with Gasteiger partial charge in [0.1, 0.15) is 6.04 Å². The summed E-state index contributed by atoms with van der Waals surface area (Å²) in [6.45, 7) is 2.01. The van der Waals surface area contributed by atoms with Crippen molar-refractivity contribution in [3.8, 4) is 0 Å². The molecule has 1 aliphatic heterocycles. The smallest absolute Gasteiger partial charge is 0.361 e. The molecule has 2 heterocycles. The molecule has 2 N–H and O–H groups in total. The molecule has 1 atom stereocenters. The van der Waals surface area contributed by atoms with Crippen molar-refractivity contribution in [2.75, 3.05) is 26.2 Å². The summed E-state index contributed by atoms with van der Waals surface area (Å²) in [4.78, 5) is 4.47. The van der Waals surface area contributed by atoms with Crippen molar-refractivity contribution in [3.05, 3.63) is 36.0 Å². The first-order valence-electron chi connectivity index (χ1n) is 6.64. The van der Waals surface area contributed by atoms with Gasteiger partial charge in [-0.1, -0.05) is 12.1 Å². The van der Waals surface area contributed by atoms with Crippen molar-refractivity contribution in [2.24, 2.45) is 0 Å². The Morgan fingerprint density at radius 2 is 1.73 bits per heavy atom. The second-order valence-electron chi connectivity index (χ2n) is 5.05. The van der Waals surface area contributed by atoms with Gasteiger partial charge in [0.15, 0.2) is 0 Å². The number of rotatable bonds is 2. The van der Waals surface area contributed by atoms with E-state index in [2.05, 4.69) is 10.3 Å². The number of H-pyrrole nitrogens is 1. The normalized spacial score (nSPS) is 17.6. The van der Waals surface area contributed by atoms with Gasteiger partial charge in [0.05, 0.1) is 0 Å². The van der Waals surface area contributed by atoms with E-state index in [0.717, 1.165) is 10.9 Å². The molecular weight excluding hydrogens is 338 g/mol. The van der Waals surface area contributed by atoms with Crippen molar-refractivity contribution >= 4 is 35.7 Å². The lowest BCUT2D eigenvalue weighted by Crippen LogP contribution is -2.49. The number of aromatic amines is 1. The van der Waals surface area contributed by atoms with E-state index in [1.165, 1.54) is 4.90 Å². The fraction of sp³-hybridized carbons (Fsp3) is 0.429. The van der Waals surface area contributed by atoms with Crippen LogP contribution in [0.25, 0.3) is 10.9 Å². The Kier molecular flexibility index (Phi) is 6.55. The molecule has 1 aromatic carbocycles. The molecule has 0 radical (unpaired) electrons. The van der Waals surface area contributed by atoms with E-state index in [0.29, 0.717) is 31.7 Å². The largest absolute Gasteiger partial charge is 0.408 e. The average molecular weight is 356 g/mol. The van der Waals surface area contributed by atoms with Gasteiger partial charge in [-0.15, -0.1) is 24.8 Å². The molecule has 8 heteroatoms. The summed E-state index contributed by atoms with van der Waals surface area (Å²) in [5, 5.41) is 4.01. The molecule has 1 fully saturated rings. The summed E-state index contributed by atoms with van der Waals surface area (Å²) in [5.41, 5.74) is 1.04. The predicted molar refractivity (Wildman–Crippen MR) is 86.0 cm³/mol. The van der Waals surface area contributed by atoms with Crippen LogP contribution in [-0.2, 0) is 0 Å². The molecule has 3 nitrogen and oxygen atoms in total. The number of halogens is 5. The van der Waals surface area contributed by atoms with Gasteiger partial charge in [-0.05, 0) is 23.1 Å². The third kappa shape index (κ3) is 3.87. The quantitative estimate of drug-likeness (QED) is 0.863. The molecule has 0 aliphatic carbocycles. The van der Waals surface area contributed by atoms with Crippen LogP contribution in [0.2, 0.25) is 0 Å². The third-order valence-electron chi connectivity index (χ3n) is 3.72. The van der Waals surface area contributed by atoms with Gasteiger partial charge in [-0.3, -0.25) is 4.90 Å². The van der Waals surface area contributed by atoms with Crippen LogP contribution >= 0.6 is 24.8 Å². The maximum atomic E-state index is 13.4. The van der Waals surface area contributed by atoms with Gasteiger partial charge in [0, 0.05) is 37.9 Å². The van der Waals surface area contributed by atoms with Crippen LogP contribution in [0.4, 0.5) is 13.2 Å². The van der Waals surface area contributed by atoms with Crippen LogP contribution in [0.3, 0.4) is 0 Å². The second kappa shape index (κ2) is 7.55. The Labute approximate surface area is 139 Å². The van der Waals surface area contributed by atoms with E-state index in [4.69, 9.17) is 0 Å². The van der Waals surface area contributed by atoms with E-state index >= 15 is 0 Å². The zero-order valence-electron chi connectivity index (χ0n) is 11.7. The summed E-state index contributed by atoms with van der Waals surface area (Å²) >= 11 is 0. The highest BCUT2D eigenvalue weighted by molar-refractivity contribution is 5.85. The van der Waals surface area contributed by atoms with Gasteiger partial charge >= 0.3 is 6.18 Å². The zero-order chi connectivity index (χ0) is 14.2. The molecule has 1 aromatic heterocycles. The molecule has 0 unspecified atom stereocenters. The van der Waals surface area contributed by atoms with Crippen LogP contribution in [0.5, 0.6) is 0 Å². The van der Waals surface area contributed by atoms with Crippen LogP contribution < -0.4 is 5.32 Å². The number of nitrogens with one attached hydrogen (secondary N) is 2. The molecule has 0 amide bonds. The lowest BCUT2D eigenvalue weighted by atomic mass is 10.0. The molecule has 3 rings (SSSR count). The van der Waals surface area contributed by atoms with Gasteiger partial charge in [-0.2, -0.15) is 13.2 Å². The fourth-order valence-electron chi connectivity index (χ4n) is 2.78. The van der Waals surface area contributed by atoms with Gasteiger partial charge in [0.2, 0.25) is 0 Å². The highest BCUT2D eigenvalue weighted by Gasteiger charge is 2.44. The number of alkyl halides is 3. The SMILES string of the molecule is Cl.Cl.FC(F)(F)[C@@H](c1ccc2cc[nH]c2c1)N1CCNCC1. The average Bonchev–Trinajstić information content (AvgIpc) is 2.86. The number of nitrogens with zero attached hydrogens (tertiary/aromatic N) is 1. The van der Waals surface area contributed by atoms with E-state index in [1.54, 1.807) is 24.4 Å². The van der Waals surface area contributed by atoms with Crippen LogP contribution in [0.1, 0.15) is 11.6 Å². The number of aromatic nitrogens is 1. The molecule has 0 saturated carbocycles. The van der Waals surface area contributed by atoms with E-state index in [-0.39, 0.29) is 24.8 Å². The summed E-state index contributed by atoms with van der Waals surface area (Å²) in [5.74, 6) is 0. The number of fused-ring (bicyclic) bond motifs is 1. The van der Waals surface area contributed by atoms with Crippen molar-refractivity contribution in [2.45, 2.75) is 12.2 Å². The lowest BCUT2D eigenvalue weighted by molar-refractivity contribution is -0.187. The minimum absolute atomic E-state index is 0. The predicted octanol–water partition coefficient (Wildman–Crippen LogP) is 3.52. The molecule has 1 aliphatic rings. The standard InChI is InChI=1S/C14H16F3N3.2ClH/c15-14(16,17)13(20-7-5-18-6-8-20)11-2-1-10-3-4-19-12(10)9-11;;/h1-4,9,13,18-19H,5-8H2;2*1H/t13-;;/m1../s1. The topological polar surface area (TPSA) is 31.1 Å². The van der Waals surface area contributed by atoms with Crippen LogP contribution in [0, 0.1) is 0 Å². The molecule has 0 spiro atoms. The minimum atomic E-state index is -4.27. The molecule has 1 saturated heterocycles. The third-order valence-corrected chi connectivity index (χ3v) is 3.72. The highest BCUT2D eigenvalue weighted by Crippen LogP contribution is 2.38. The van der Waals surface area contributed by atoms with Crippen molar-refractivity contribution in [1.82, 2.24) is 15.2 Å². The molecule has 0 bridgehead atoms. The van der Waals surface area contributed by atoms with Gasteiger partial charge in [0.25, 0.3) is 0 Å². The summed E-state index contributed by atoms with van der Waals surface area (Å²) < 4.78 is 40.3. The molecule has 2 aromatic rings. The van der Waals surface area contributed by atoms with Gasteiger partial charge < -0.3 is 10.3 Å². The molecule has 22 heavy (non-hydrogen) atoms. The van der Waals surface area contributed by atoms with E-state index < -0.39 is 12.2 Å². The van der Waals surface area contributed by atoms with Crippen molar-refractivity contribution in [3.63, 3.8) is 0 Å². The minimum Gasteiger partial charge on any atom is -0.361 e. The highest BCUT2D eigenvalue weighted by atomic mass is 35.5. The summed E-state index contributed by atoms with van der Waals surface area (Å²) in [6.07, 6.45) is -2.53. The maximum absolute atomic E-state index is 13.4. The number of hydrogen-bond donors (Lipinski definition) is 2. The monoisotopic (exact) mass is 355 g/mol. The Morgan fingerprint density at radius 1 is 1.05 bits per heavy atom.